The Morgan fingerprint density at radius 2 is 1.00 bits per heavy atom. The molecule has 2 atom stereocenters. The molecule has 2 fully saturated rings. The summed E-state index contributed by atoms with van der Waals surface area (Å²) in [5.74, 6) is -1.44. The molecule has 2 saturated heterocycles. The number of sulfonamides is 2. The van der Waals surface area contributed by atoms with Gasteiger partial charge < -0.3 is 40.2 Å². The minimum Gasteiger partial charge on any atom is -0.748 e. The maximum atomic E-state index is 11.8. The van der Waals surface area contributed by atoms with Gasteiger partial charge in [0.25, 0.3) is 0 Å². The summed E-state index contributed by atoms with van der Waals surface area (Å²) in [6.45, 7) is 0.587. The maximum Gasteiger partial charge on any atom is 1.00 e. The summed E-state index contributed by atoms with van der Waals surface area (Å²) in [6.07, 6.45) is 3.00. The van der Waals surface area contributed by atoms with E-state index in [1.54, 1.807) is 15.9 Å². The topological polar surface area (TPSA) is 339 Å². The van der Waals surface area contributed by atoms with Crippen LogP contribution in [0.2, 0.25) is 5.02 Å². The summed E-state index contributed by atoms with van der Waals surface area (Å²) < 4.78 is 119. The van der Waals surface area contributed by atoms with E-state index >= 15 is 0 Å². The molecule has 2 unspecified atom stereocenters. The summed E-state index contributed by atoms with van der Waals surface area (Å²) >= 11 is 6.46. The molecular formula is C26H37ClK2N14O10S4. The van der Waals surface area contributed by atoms with E-state index in [4.69, 9.17) is 11.6 Å². The Morgan fingerprint density at radius 1 is 0.632 bits per heavy atom. The van der Waals surface area contributed by atoms with Crippen LogP contribution in [0.1, 0.15) is 12.8 Å². The molecule has 6 N–H and O–H groups in total. The van der Waals surface area contributed by atoms with Crippen molar-refractivity contribution in [1.82, 2.24) is 39.3 Å². The summed E-state index contributed by atoms with van der Waals surface area (Å²) in [7, 11) is -16.1. The molecule has 0 aliphatic carbocycles. The second-order valence-corrected chi connectivity index (χ2v) is 19.6. The molecule has 24 nitrogen and oxygen atoms in total. The first-order valence-electron chi connectivity index (χ1n) is 16.2. The van der Waals surface area contributed by atoms with Gasteiger partial charge in [-0.2, -0.15) is 29.9 Å². The van der Waals surface area contributed by atoms with Crippen molar-refractivity contribution in [1.29, 1.82) is 0 Å². The van der Waals surface area contributed by atoms with Crippen LogP contribution in [0.25, 0.3) is 0 Å². The minimum absolute atomic E-state index is 0. The Bertz CT molecular complexity index is 2180. The van der Waals surface area contributed by atoms with Gasteiger partial charge in [0.15, 0.2) is 0 Å². The Hall–Kier alpha value is -0.757. The van der Waals surface area contributed by atoms with Crippen molar-refractivity contribution in [3.63, 3.8) is 0 Å². The first kappa shape index (κ1) is 50.6. The van der Waals surface area contributed by atoms with Gasteiger partial charge in [0.2, 0.25) is 55.7 Å². The fraction of sp³-hybridized carbons (Fsp3) is 0.538. The van der Waals surface area contributed by atoms with Gasteiger partial charge in [0, 0.05) is 67.7 Å². The first-order chi connectivity index (χ1) is 25.5. The van der Waals surface area contributed by atoms with Crippen LogP contribution in [0.4, 0.5) is 47.1 Å². The molecule has 5 rings (SSSR count). The Labute approximate surface area is 420 Å². The van der Waals surface area contributed by atoms with Crippen LogP contribution in [0.5, 0.6) is 0 Å². The van der Waals surface area contributed by atoms with Crippen LogP contribution < -0.4 is 143 Å². The van der Waals surface area contributed by atoms with Gasteiger partial charge in [-0.1, -0.05) is 11.6 Å². The van der Waals surface area contributed by atoms with Crippen LogP contribution >= 0.6 is 11.6 Å². The molecule has 3 aromatic rings. The van der Waals surface area contributed by atoms with Crippen molar-refractivity contribution < 1.29 is 146 Å². The number of hydrogen-bond donors (Lipinski definition) is 6. The Kier molecular flexibility index (Phi) is 19.0. The van der Waals surface area contributed by atoms with E-state index in [-0.39, 0.29) is 170 Å². The van der Waals surface area contributed by atoms with Crippen molar-refractivity contribution >= 4 is 98.9 Å². The first-order valence-corrected chi connectivity index (χ1v) is 23.5. The van der Waals surface area contributed by atoms with Gasteiger partial charge in [0.1, 0.15) is 0 Å². The van der Waals surface area contributed by atoms with Gasteiger partial charge in [-0.05, 0) is 31.0 Å². The van der Waals surface area contributed by atoms with Crippen LogP contribution in [-0.2, 0) is 40.3 Å². The van der Waals surface area contributed by atoms with Crippen LogP contribution in [0.15, 0.2) is 18.2 Å². The Morgan fingerprint density at radius 3 is 1.35 bits per heavy atom. The standard InChI is InChI=1S/C26H39ClN14O10S4.2K/c1-52(42,43)38-17-3-7-40(14-17)25-34-21(28-5-9-54(46,47)48)32-23(36-25)30-19-11-16(27)12-20(13-19)31-24-33-22(29-6-10-55(49,50)51)35-26(37-24)41-8-4-18(15-41)39-53(2,44)45;;/h11-13,17-18,38-39H,3-10,14-15H2,1-2H3,(H,46,47,48)(H,49,50,51)(H2,28,30,32,34,36)(H2,29,31,33,35,37);;/q;2*+1/p-2. The molecule has 1 aromatic carbocycles. The molecule has 0 amide bonds. The second kappa shape index (κ2) is 21.4. The van der Waals surface area contributed by atoms with Crippen molar-refractivity contribution in [2.45, 2.75) is 24.9 Å². The van der Waals surface area contributed by atoms with E-state index in [0.29, 0.717) is 37.3 Å². The van der Waals surface area contributed by atoms with E-state index < -0.39 is 63.9 Å². The number of anilines is 8. The largest absolute Gasteiger partial charge is 1.00 e. The summed E-state index contributed by atoms with van der Waals surface area (Å²) in [5, 5.41) is 11.6. The molecule has 0 bridgehead atoms. The molecular weight excluding hydrogens is 910 g/mol. The molecule has 0 spiro atoms. The smallest absolute Gasteiger partial charge is 0.748 e. The van der Waals surface area contributed by atoms with Gasteiger partial charge in [0.05, 0.1) is 44.3 Å². The fourth-order valence-electron chi connectivity index (χ4n) is 5.53. The summed E-state index contributed by atoms with van der Waals surface area (Å²) in [5.41, 5.74) is 0.668. The van der Waals surface area contributed by atoms with Crippen molar-refractivity contribution in [2.75, 3.05) is 94.4 Å². The predicted molar refractivity (Wildman–Crippen MR) is 201 cm³/mol. The predicted octanol–water partition coefficient (Wildman–Crippen LogP) is -7.62. The monoisotopic (exact) mass is 946 g/mol. The van der Waals surface area contributed by atoms with Crippen LogP contribution in [0, 0.1) is 0 Å². The SMILES string of the molecule is CS(=O)(=O)NC1CCN(c2nc(NCCS(=O)(=O)[O-])nc(Nc3cc(Cl)cc(Nc4nc(NCCS(=O)(=O)[O-])nc(N5CCC(NS(C)(=O)=O)C5)n4)c3)n2)C1.[K+].[K+]. The van der Waals surface area contributed by atoms with Gasteiger partial charge in [-0.15, -0.1) is 0 Å². The fourth-order valence-corrected chi connectivity index (χ4v) is 8.07. The van der Waals surface area contributed by atoms with Crippen molar-refractivity contribution in [2.24, 2.45) is 0 Å². The zero-order valence-corrected chi connectivity index (χ0v) is 41.4. The molecule has 2 aliphatic rings. The molecule has 0 saturated carbocycles. The second-order valence-electron chi connectivity index (χ2n) is 12.6. The maximum absolute atomic E-state index is 11.8. The zero-order valence-electron chi connectivity index (χ0n) is 31.1. The molecule has 0 radical (unpaired) electrons. The number of nitrogens with zero attached hydrogens (tertiary/aromatic N) is 8. The molecule has 57 heavy (non-hydrogen) atoms. The Balaban J connectivity index is 0.00000435. The number of hydrogen-bond acceptors (Lipinski definition) is 22. The summed E-state index contributed by atoms with van der Waals surface area (Å²) in [4.78, 5) is 29.5. The van der Waals surface area contributed by atoms with Crippen molar-refractivity contribution in [3.8, 4) is 0 Å². The average Bonchev–Trinajstić information content (AvgIpc) is 3.67. The third kappa shape index (κ3) is 18.0. The van der Waals surface area contributed by atoms with E-state index in [2.05, 4.69) is 60.6 Å². The summed E-state index contributed by atoms with van der Waals surface area (Å²) in [6, 6.07) is 3.80. The number of halogens is 1. The molecule has 2 aromatic heterocycles. The van der Waals surface area contributed by atoms with Gasteiger partial charge in [-0.25, -0.2) is 43.1 Å². The van der Waals surface area contributed by atoms with E-state index in [1.807, 2.05) is 0 Å². The molecule has 2 aliphatic heterocycles. The molecule has 31 heteroatoms. The van der Waals surface area contributed by atoms with Gasteiger partial charge in [-0.3, -0.25) is 0 Å². The number of aromatic nitrogens is 6. The normalized spacial score (nSPS) is 17.4. The number of nitrogens with one attached hydrogen (secondary N) is 6. The van der Waals surface area contributed by atoms with E-state index in [0.717, 1.165) is 12.5 Å². The minimum atomic E-state index is -4.55. The van der Waals surface area contributed by atoms with Crippen molar-refractivity contribution in [3.05, 3.63) is 23.2 Å². The van der Waals surface area contributed by atoms with Gasteiger partial charge >= 0.3 is 103 Å². The molecule has 4 heterocycles. The molecule has 304 valence electrons. The van der Waals surface area contributed by atoms with E-state index in [9.17, 15) is 42.8 Å². The number of rotatable bonds is 18. The van der Waals surface area contributed by atoms with Crippen LogP contribution in [-0.4, -0.2) is 148 Å². The van der Waals surface area contributed by atoms with Crippen LogP contribution in [0.3, 0.4) is 0 Å². The zero-order chi connectivity index (χ0) is 40.2. The van der Waals surface area contributed by atoms with E-state index in [1.165, 1.54) is 12.1 Å². The quantitative estimate of drug-likeness (QED) is 0.0509. The average molecular weight is 948 g/mol. The third-order valence-corrected chi connectivity index (χ3v) is 10.8. The number of benzene rings is 1. The third-order valence-electron chi connectivity index (χ3n) is 7.63.